The molecule has 4 rings (SSSR count). The van der Waals surface area contributed by atoms with Gasteiger partial charge in [0, 0.05) is 62.2 Å². The third-order valence-corrected chi connectivity index (χ3v) is 5.29. The normalized spacial score (nSPS) is 18.1. The van der Waals surface area contributed by atoms with Crippen LogP contribution in [0, 0.1) is 6.92 Å². The molecule has 0 saturated carbocycles. The van der Waals surface area contributed by atoms with E-state index in [1.54, 1.807) is 0 Å². The van der Waals surface area contributed by atoms with Gasteiger partial charge in [0.2, 0.25) is 0 Å². The highest BCUT2D eigenvalue weighted by atomic mass is 15.3. The number of fused-ring (bicyclic) bond motifs is 1. The molecular formula is C19H26N6. The van der Waals surface area contributed by atoms with Gasteiger partial charge in [0.1, 0.15) is 0 Å². The van der Waals surface area contributed by atoms with Crippen LogP contribution in [0.15, 0.2) is 17.4 Å². The molecule has 0 N–H and O–H groups in total. The standard InChI is InChI=1S/C19H26N6/c1-3-25-14(2)15(11-22-25)12-24-9-7-17-16(13-24)10-21-19(23-17)18-6-4-5-8-20-18/h10-11H,3-9,12-13H2,1-2H3. The Labute approximate surface area is 149 Å². The van der Waals surface area contributed by atoms with Crippen molar-refractivity contribution in [3.05, 3.63) is 40.7 Å². The monoisotopic (exact) mass is 338 g/mol. The molecule has 0 bridgehead atoms. The molecule has 2 aliphatic rings. The summed E-state index contributed by atoms with van der Waals surface area (Å²) in [4.78, 5) is 16.5. The van der Waals surface area contributed by atoms with Crippen molar-refractivity contribution in [2.75, 3.05) is 13.1 Å². The van der Waals surface area contributed by atoms with Crippen LogP contribution in [0.5, 0.6) is 0 Å². The van der Waals surface area contributed by atoms with Crippen molar-refractivity contribution >= 4 is 5.71 Å². The lowest BCUT2D eigenvalue weighted by atomic mass is 10.0. The van der Waals surface area contributed by atoms with E-state index in [9.17, 15) is 0 Å². The van der Waals surface area contributed by atoms with E-state index in [0.717, 1.165) is 57.1 Å². The van der Waals surface area contributed by atoms with Gasteiger partial charge in [-0.1, -0.05) is 0 Å². The molecule has 0 aliphatic carbocycles. The zero-order chi connectivity index (χ0) is 17.2. The van der Waals surface area contributed by atoms with Gasteiger partial charge >= 0.3 is 0 Å². The summed E-state index contributed by atoms with van der Waals surface area (Å²) in [7, 11) is 0. The average molecular weight is 338 g/mol. The molecule has 25 heavy (non-hydrogen) atoms. The van der Waals surface area contributed by atoms with Gasteiger partial charge in [-0.15, -0.1) is 0 Å². The van der Waals surface area contributed by atoms with Crippen molar-refractivity contribution in [3.63, 3.8) is 0 Å². The first kappa shape index (κ1) is 16.4. The molecular weight excluding hydrogens is 312 g/mol. The SMILES string of the molecule is CCn1ncc(CN2CCc3nc(C4=NCCCC4)ncc3C2)c1C. The van der Waals surface area contributed by atoms with Crippen molar-refractivity contribution in [1.29, 1.82) is 0 Å². The number of hydrogen-bond donors (Lipinski definition) is 0. The molecule has 0 aromatic carbocycles. The highest BCUT2D eigenvalue weighted by molar-refractivity contribution is 5.97. The Morgan fingerprint density at radius 2 is 2.08 bits per heavy atom. The summed E-state index contributed by atoms with van der Waals surface area (Å²) in [6.07, 6.45) is 8.43. The maximum atomic E-state index is 4.83. The number of hydrogen-bond acceptors (Lipinski definition) is 5. The smallest absolute Gasteiger partial charge is 0.173 e. The van der Waals surface area contributed by atoms with E-state index >= 15 is 0 Å². The topological polar surface area (TPSA) is 59.2 Å². The average Bonchev–Trinajstić information content (AvgIpc) is 3.01. The van der Waals surface area contributed by atoms with Gasteiger partial charge in [-0.2, -0.15) is 5.10 Å². The minimum atomic E-state index is 0.854. The predicted octanol–water partition coefficient (Wildman–Crippen LogP) is 2.53. The molecule has 0 saturated heterocycles. The van der Waals surface area contributed by atoms with Gasteiger partial charge < -0.3 is 0 Å². The molecule has 132 valence electrons. The van der Waals surface area contributed by atoms with Crippen LogP contribution in [-0.2, 0) is 26.1 Å². The minimum Gasteiger partial charge on any atom is -0.294 e. The molecule has 6 heteroatoms. The minimum absolute atomic E-state index is 0.854. The summed E-state index contributed by atoms with van der Waals surface area (Å²) < 4.78 is 2.06. The van der Waals surface area contributed by atoms with Gasteiger partial charge in [0.15, 0.2) is 5.82 Å². The summed E-state index contributed by atoms with van der Waals surface area (Å²) in [5.41, 5.74) is 6.15. The molecule has 0 atom stereocenters. The van der Waals surface area contributed by atoms with Crippen molar-refractivity contribution in [2.24, 2.45) is 4.99 Å². The molecule has 0 fully saturated rings. The van der Waals surface area contributed by atoms with Crippen molar-refractivity contribution in [2.45, 2.75) is 59.2 Å². The quantitative estimate of drug-likeness (QED) is 0.859. The van der Waals surface area contributed by atoms with E-state index in [-0.39, 0.29) is 0 Å². The van der Waals surface area contributed by atoms with E-state index < -0.39 is 0 Å². The first-order valence-corrected chi connectivity index (χ1v) is 9.36. The van der Waals surface area contributed by atoms with Gasteiger partial charge in [-0.25, -0.2) is 9.97 Å². The molecule has 0 spiro atoms. The van der Waals surface area contributed by atoms with Gasteiger partial charge in [-0.05, 0) is 33.1 Å². The van der Waals surface area contributed by atoms with E-state index in [0.29, 0.717) is 0 Å². The number of aryl methyl sites for hydroxylation is 1. The molecule has 2 aromatic heterocycles. The molecule has 2 aliphatic heterocycles. The Hall–Kier alpha value is -2.08. The Morgan fingerprint density at radius 1 is 1.16 bits per heavy atom. The zero-order valence-electron chi connectivity index (χ0n) is 15.2. The summed E-state index contributed by atoms with van der Waals surface area (Å²) >= 11 is 0. The fourth-order valence-electron chi connectivity index (χ4n) is 3.73. The van der Waals surface area contributed by atoms with Crippen LogP contribution < -0.4 is 0 Å². The Morgan fingerprint density at radius 3 is 2.84 bits per heavy atom. The molecule has 0 amide bonds. The number of aromatic nitrogens is 4. The molecule has 0 radical (unpaired) electrons. The largest absolute Gasteiger partial charge is 0.294 e. The van der Waals surface area contributed by atoms with Gasteiger partial charge in [0.25, 0.3) is 0 Å². The highest BCUT2D eigenvalue weighted by Gasteiger charge is 2.21. The van der Waals surface area contributed by atoms with Crippen molar-refractivity contribution in [1.82, 2.24) is 24.6 Å². The van der Waals surface area contributed by atoms with E-state index in [4.69, 9.17) is 4.98 Å². The predicted molar refractivity (Wildman–Crippen MR) is 97.7 cm³/mol. The summed E-state index contributed by atoms with van der Waals surface area (Å²) in [5, 5.41) is 4.46. The Kier molecular flexibility index (Phi) is 4.61. The molecule has 0 unspecified atom stereocenters. The Bertz CT molecular complexity index is 791. The van der Waals surface area contributed by atoms with Gasteiger partial charge in [0.05, 0.1) is 17.6 Å². The third-order valence-electron chi connectivity index (χ3n) is 5.29. The fourth-order valence-corrected chi connectivity index (χ4v) is 3.73. The van der Waals surface area contributed by atoms with Crippen LogP contribution >= 0.6 is 0 Å². The fraction of sp³-hybridized carbons (Fsp3) is 0.579. The molecule has 6 nitrogen and oxygen atoms in total. The lowest BCUT2D eigenvalue weighted by molar-refractivity contribution is 0.242. The van der Waals surface area contributed by atoms with E-state index in [2.05, 4.69) is 38.5 Å². The second-order valence-corrected chi connectivity index (χ2v) is 6.98. The zero-order valence-corrected chi connectivity index (χ0v) is 15.2. The molecule has 2 aromatic rings. The summed E-state index contributed by atoms with van der Waals surface area (Å²) in [6.45, 7) is 9.03. The lowest BCUT2D eigenvalue weighted by Crippen LogP contribution is -2.31. The highest BCUT2D eigenvalue weighted by Crippen LogP contribution is 2.21. The number of rotatable bonds is 4. The van der Waals surface area contributed by atoms with Gasteiger partial charge in [-0.3, -0.25) is 14.6 Å². The van der Waals surface area contributed by atoms with Crippen LogP contribution in [0.1, 0.15) is 54.5 Å². The van der Waals surface area contributed by atoms with Crippen LogP contribution in [0.3, 0.4) is 0 Å². The van der Waals surface area contributed by atoms with E-state index in [1.165, 1.54) is 35.4 Å². The Balaban J connectivity index is 1.48. The summed E-state index contributed by atoms with van der Waals surface area (Å²) in [5.74, 6) is 0.854. The second-order valence-electron chi connectivity index (χ2n) is 6.98. The van der Waals surface area contributed by atoms with E-state index in [1.807, 2.05) is 12.4 Å². The van der Waals surface area contributed by atoms with Crippen molar-refractivity contribution in [3.8, 4) is 0 Å². The third kappa shape index (κ3) is 3.35. The van der Waals surface area contributed by atoms with Crippen molar-refractivity contribution < 1.29 is 0 Å². The van der Waals surface area contributed by atoms with Crippen LogP contribution in [0.4, 0.5) is 0 Å². The maximum absolute atomic E-state index is 4.83. The molecule has 4 heterocycles. The first-order chi connectivity index (χ1) is 12.2. The van der Waals surface area contributed by atoms with Crippen LogP contribution in [-0.4, -0.2) is 43.4 Å². The van der Waals surface area contributed by atoms with Crippen LogP contribution in [0.25, 0.3) is 0 Å². The number of nitrogens with zero attached hydrogens (tertiary/aromatic N) is 6. The first-order valence-electron chi connectivity index (χ1n) is 9.36. The maximum Gasteiger partial charge on any atom is 0.173 e. The summed E-state index contributed by atoms with van der Waals surface area (Å²) in [6, 6.07) is 0. The second kappa shape index (κ2) is 7.04. The lowest BCUT2D eigenvalue weighted by Gasteiger charge is -2.28. The van der Waals surface area contributed by atoms with Crippen LogP contribution in [0.2, 0.25) is 0 Å². The number of aliphatic imine (C=N–C) groups is 1.